The molecule has 2 aromatic carbocycles. The quantitative estimate of drug-likeness (QED) is 0.538. The first-order valence-corrected chi connectivity index (χ1v) is 12.9. The number of nitrogens with one attached hydrogen (secondary N) is 1. The molecule has 0 unspecified atom stereocenters. The van der Waals surface area contributed by atoms with Crippen molar-refractivity contribution < 1.29 is 23.8 Å². The summed E-state index contributed by atoms with van der Waals surface area (Å²) < 4.78 is 17.2. The zero-order chi connectivity index (χ0) is 25.5. The van der Waals surface area contributed by atoms with Gasteiger partial charge >= 0.3 is 6.09 Å². The lowest BCUT2D eigenvalue weighted by Crippen LogP contribution is -2.37. The van der Waals surface area contributed by atoms with E-state index in [0.29, 0.717) is 49.6 Å². The van der Waals surface area contributed by atoms with Crippen LogP contribution in [0.5, 0.6) is 11.5 Å². The summed E-state index contributed by atoms with van der Waals surface area (Å²) in [6, 6.07) is 15.6. The number of amides is 2. The van der Waals surface area contributed by atoms with Gasteiger partial charge in [0.15, 0.2) is 11.5 Å². The van der Waals surface area contributed by atoms with Crippen LogP contribution < -0.4 is 14.8 Å². The van der Waals surface area contributed by atoms with E-state index in [4.69, 9.17) is 14.2 Å². The average Bonchev–Trinajstić information content (AvgIpc) is 3.39. The van der Waals surface area contributed by atoms with E-state index < -0.39 is 0 Å². The summed E-state index contributed by atoms with van der Waals surface area (Å²) >= 11 is 0. The summed E-state index contributed by atoms with van der Waals surface area (Å²) in [5.41, 5.74) is 2.33. The van der Waals surface area contributed by atoms with Crippen molar-refractivity contribution in [3.63, 3.8) is 0 Å². The maximum absolute atomic E-state index is 12.8. The third-order valence-corrected chi connectivity index (χ3v) is 7.30. The van der Waals surface area contributed by atoms with Crippen LogP contribution in [0.3, 0.4) is 0 Å². The molecular weight excluding hydrogens is 456 g/mol. The van der Waals surface area contributed by atoms with Gasteiger partial charge in [0.05, 0.1) is 13.0 Å². The molecule has 7 heteroatoms. The smallest absolute Gasteiger partial charge is 0.410 e. The summed E-state index contributed by atoms with van der Waals surface area (Å²) in [5, 5.41) is 3.01. The zero-order valence-corrected chi connectivity index (χ0v) is 21.6. The molecule has 2 aromatic rings. The van der Waals surface area contributed by atoms with Crippen LogP contribution in [-0.2, 0) is 22.7 Å². The fourth-order valence-corrected chi connectivity index (χ4v) is 4.86. The molecule has 1 heterocycles. The summed E-state index contributed by atoms with van der Waals surface area (Å²) in [6.45, 7) is 6.31. The van der Waals surface area contributed by atoms with Gasteiger partial charge in [-0.1, -0.05) is 50.2 Å². The van der Waals surface area contributed by atoms with Crippen molar-refractivity contribution in [2.75, 3.05) is 20.2 Å². The van der Waals surface area contributed by atoms with Gasteiger partial charge in [0.25, 0.3) is 0 Å². The van der Waals surface area contributed by atoms with Crippen molar-refractivity contribution in [3.05, 3.63) is 59.7 Å². The Hall–Kier alpha value is -3.22. The van der Waals surface area contributed by atoms with Gasteiger partial charge in [-0.05, 0) is 60.8 Å². The van der Waals surface area contributed by atoms with Crippen molar-refractivity contribution >= 4 is 12.0 Å². The highest BCUT2D eigenvalue weighted by Crippen LogP contribution is 2.36. The van der Waals surface area contributed by atoms with Crippen molar-refractivity contribution in [1.82, 2.24) is 10.2 Å². The second-order valence-electron chi connectivity index (χ2n) is 10.7. The number of nitrogens with zero attached hydrogens (tertiary/aromatic N) is 1. The molecule has 0 radical (unpaired) electrons. The molecule has 2 aliphatic rings. The maximum atomic E-state index is 12.8. The highest BCUT2D eigenvalue weighted by atomic mass is 16.6. The highest BCUT2D eigenvalue weighted by molar-refractivity contribution is 5.80. The Morgan fingerprint density at radius 1 is 1.00 bits per heavy atom. The molecule has 1 aliphatic heterocycles. The SMILES string of the molecule is COc1cc(CNC(=O)[C@H]2CCN(C(=O)OC3CCC(C)(C)CC3)C2)ccc1OCc1ccccc1. The average molecular weight is 495 g/mol. The van der Waals surface area contributed by atoms with E-state index in [1.807, 2.05) is 48.5 Å². The fraction of sp³-hybridized carbons (Fsp3) is 0.517. The van der Waals surface area contributed by atoms with E-state index in [2.05, 4.69) is 19.2 Å². The first kappa shape index (κ1) is 25.9. The Morgan fingerprint density at radius 3 is 2.47 bits per heavy atom. The van der Waals surface area contributed by atoms with Gasteiger partial charge in [-0.15, -0.1) is 0 Å². The van der Waals surface area contributed by atoms with Gasteiger partial charge < -0.3 is 24.4 Å². The molecule has 0 spiro atoms. The minimum Gasteiger partial charge on any atom is -0.493 e. The van der Waals surface area contributed by atoms with Crippen molar-refractivity contribution in [3.8, 4) is 11.5 Å². The fourth-order valence-electron chi connectivity index (χ4n) is 4.86. The molecule has 1 N–H and O–H groups in total. The lowest BCUT2D eigenvalue weighted by molar-refractivity contribution is -0.124. The van der Waals surface area contributed by atoms with Crippen LogP contribution in [0.4, 0.5) is 4.79 Å². The van der Waals surface area contributed by atoms with Gasteiger partial charge in [-0.3, -0.25) is 4.79 Å². The third-order valence-electron chi connectivity index (χ3n) is 7.30. The molecule has 0 aromatic heterocycles. The lowest BCUT2D eigenvalue weighted by Gasteiger charge is -2.34. The Balaban J connectivity index is 1.23. The zero-order valence-electron chi connectivity index (χ0n) is 21.6. The molecule has 194 valence electrons. The van der Waals surface area contributed by atoms with Crippen molar-refractivity contribution in [1.29, 1.82) is 0 Å². The van der Waals surface area contributed by atoms with E-state index in [1.54, 1.807) is 12.0 Å². The standard InChI is InChI=1S/C29H38N2O5/c1-29(2)14-11-24(12-15-29)36-28(33)31-16-13-23(19-31)27(32)30-18-22-9-10-25(26(17-22)34-3)35-20-21-7-5-4-6-8-21/h4-10,17,23-24H,11-16,18-20H2,1-3H3,(H,30,32)/t23-/m0/s1. The molecule has 0 bridgehead atoms. The number of rotatable bonds is 8. The molecule has 7 nitrogen and oxygen atoms in total. The Labute approximate surface area is 214 Å². The number of benzene rings is 2. The minimum atomic E-state index is -0.286. The van der Waals surface area contributed by atoms with Crippen LogP contribution in [0.1, 0.15) is 57.1 Å². The van der Waals surface area contributed by atoms with Crippen LogP contribution in [-0.4, -0.2) is 43.2 Å². The van der Waals surface area contributed by atoms with Crippen LogP contribution in [0.2, 0.25) is 0 Å². The molecule has 2 fully saturated rings. The van der Waals surface area contributed by atoms with E-state index in [9.17, 15) is 9.59 Å². The number of likely N-dealkylation sites (tertiary alicyclic amines) is 1. The molecule has 36 heavy (non-hydrogen) atoms. The predicted octanol–water partition coefficient (Wildman–Crippen LogP) is 5.32. The van der Waals surface area contributed by atoms with Gasteiger partial charge in [0, 0.05) is 19.6 Å². The topological polar surface area (TPSA) is 77.1 Å². The first-order chi connectivity index (χ1) is 17.3. The number of methoxy groups -OCH3 is 1. The van der Waals surface area contributed by atoms with Crippen molar-refractivity contribution in [2.24, 2.45) is 11.3 Å². The van der Waals surface area contributed by atoms with Crippen LogP contribution in [0.25, 0.3) is 0 Å². The Morgan fingerprint density at radius 2 is 1.75 bits per heavy atom. The number of carbonyl (C=O) groups is 2. The highest BCUT2D eigenvalue weighted by Gasteiger charge is 2.34. The second-order valence-corrected chi connectivity index (χ2v) is 10.7. The molecular formula is C29H38N2O5. The Bertz CT molecular complexity index is 1030. The van der Waals surface area contributed by atoms with Crippen LogP contribution in [0.15, 0.2) is 48.5 Å². The molecule has 1 aliphatic carbocycles. The normalized spacial score (nSPS) is 19.5. The minimum absolute atomic E-state index is 0.00646. The summed E-state index contributed by atoms with van der Waals surface area (Å²) in [6.07, 6.45) is 4.32. The van der Waals surface area contributed by atoms with Crippen LogP contribution >= 0.6 is 0 Å². The molecule has 1 atom stereocenters. The van der Waals surface area contributed by atoms with Crippen molar-refractivity contribution in [2.45, 2.75) is 65.2 Å². The number of ether oxygens (including phenoxy) is 3. The van der Waals surface area contributed by atoms with Gasteiger partial charge in [0.1, 0.15) is 12.7 Å². The predicted molar refractivity (Wildman–Crippen MR) is 138 cm³/mol. The first-order valence-electron chi connectivity index (χ1n) is 12.9. The molecule has 1 saturated heterocycles. The number of carbonyl (C=O) groups excluding carboxylic acids is 2. The molecule has 2 amide bonds. The summed E-state index contributed by atoms with van der Waals surface area (Å²) in [4.78, 5) is 27.1. The van der Waals surface area contributed by atoms with E-state index in [-0.39, 0.29) is 24.0 Å². The van der Waals surface area contributed by atoms with E-state index in [0.717, 1.165) is 36.8 Å². The Kier molecular flexibility index (Phi) is 8.39. The molecule has 1 saturated carbocycles. The van der Waals surface area contributed by atoms with Gasteiger partial charge in [-0.25, -0.2) is 4.79 Å². The number of hydrogen-bond acceptors (Lipinski definition) is 5. The van der Waals surface area contributed by atoms with E-state index in [1.165, 1.54) is 0 Å². The van der Waals surface area contributed by atoms with Crippen LogP contribution in [0, 0.1) is 11.3 Å². The summed E-state index contributed by atoms with van der Waals surface area (Å²) in [7, 11) is 1.60. The van der Waals surface area contributed by atoms with Gasteiger partial charge in [0.2, 0.25) is 5.91 Å². The number of hydrogen-bond donors (Lipinski definition) is 1. The molecule has 4 rings (SSSR count). The largest absolute Gasteiger partial charge is 0.493 e. The summed E-state index contributed by atoms with van der Waals surface area (Å²) in [5.74, 6) is 1.01. The monoisotopic (exact) mass is 494 g/mol. The van der Waals surface area contributed by atoms with E-state index >= 15 is 0 Å². The lowest BCUT2D eigenvalue weighted by atomic mass is 9.76. The third kappa shape index (κ3) is 6.93. The second kappa shape index (κ2) is 11.7. The van der Waals surface area contributed by atoms with Gasteiger partial charge in [-0.2, -0.15) is 0 Å². The maximum Gasteiger partial charge on any atom is 0.410 e.